The first-order valence-corrected chi connectivity index (χ1v) is 13.5. The molecule has 1 heterocycles. The lowest BCUT2D eigenvalue weighted by Crippen LogP contribution is -2.40. The second kappa shape index (κ2) is 9.88. The normalized spacial score (nSPS) is 19.2. The monoisotopic (exact) mass is 453 g/mol. The summed E-state index contributed by atoms with van der Waals surface area (Å²) in [5.41, 5.74) is 4.31. The number of hydrogen-bond donors (Lipinski definition) is 0. The van der Waals surface area contributed by atoms with E-state index in [-0.39, 0.29) is 11.7 Å². The van der Waals surface area contributed by atoms with Crippen molar-refractivity contribution in [3.63, 3.8) is 0 Å². The third-order valence-corrected chi connectivity index (χ3v) is 9.35. The van der Waals surface area contributed by atoms with Gasteiger partial charge in [-0.05, 0) is 68.2 Å². The van der Waals surface area contributed by atoms with E-state index in [1.807, 2.05) is 26.0 Å². The van der Waals surface area contributed by atoms with Gasteiger partial charge in [0.05, 0.1) is 4.90 Å². The summed E-state index contributed by atoms with van der Waals surface area (Å²) in [4.78, 5) is 13.3. The number of ketones is 1. The predicted octanol–water partition coefficient (Wildman–Crippen LogP) is 5.56. The van der Waals surface area contributed by atoms with Crippen molar-refractivity contribution in [1.82, 2.24) is 4.31 Å². The van der Waals surface area contributed by atoms with Gasteiger partial charge < -0.3 is 0 Å². The minimum absolute atomic E-state index is 0.0569. The van der Waals surface area contributed by atoms with Gasteiger partial charge in [-0.15, -0.1) is 0 Å². The lowest BCUT2D eigenvalue weighted by atomic mass is 9.83. The zero-order chi connectivity index (χ0) is 22.7. The minimum Gasteiger partial charge on any atom is -0.299 e. The number of nitrogens with zero attached hydrogens (tertiary/aromatic N) is 1. The fourth-order valence-electron chi connectivity index (χ4n) is 5.34. The number of sulfonamides is 1. The Bertz CT molecular complexity index is 1040. The molecule has 0 amide bonds. The van der Waals surface area contributed by atoms with Gasteiger partial charge in [-0.2, -0.15) is 4.31 Å². The molecule has 172 valence electrons. The Morgan fingerprint density at radius 1 is 0.906 bits per heavy atom. The van der Waals surface area contributed by atoms with Crippen LogP contribution < -0.4 is 0 Å². The van der Waals surface area contributed by atoms with Gasteiger partial charge in [0.1, 0.15) is 5.78 Å². The Labute approximate surface area is 193 Å². The zero-order valence-electron chi connectivity index (χ0n) is 19.3. The lowest BCUT2D eigenvalue weighted by Gasteiger charge is -2.31. The molecule has 1 saturated heterocycles. The van der Waals surface area contributed by atoms with Gasteiger partial charge in [-0.1, -0.05) is 61.2 Å². The summed E-state index contributed by atoms with van der Waals surface area (Å²) in [5, 5.41) is 0. The molecule has 32 heavy (non-hydrogen) atoms. The number of piperidine rings is 1. The molecule has 0 N–H and O–H groups in total. The van der Waals surface area contributed by atoms with Gasteiger partial charge in [0.2, 0.25) is 10.0 Å². The molecule has 2 aromatic rings. The molecule has 0 unspecified atom stereocenters. The van der Waals surface area contributed by atoms with Crippen molar-refractivity contribution in [1.29, 1.82) is 0 Å². The molecule has 5 heteroatoms. The summed E-state index contributed by atoms with van der Waals surface area (Å²) >= 11 is 0. The van der Waals surface area contributed by atoms with Crippen LogP contribution in [0.15, 0.2) is 47.4 Å². The van der Waals surface area contributed by atoms with Crippen LogP contribution in [0.1, 0.15) is 73.1 Å². The highest BCUT2D eigenvalue weighted by Gasteiger charge is 2.32. The highest BCUT2D eigenvalue weighted by molar-refractivity contribution is 7.89. The molecular weight excluding hydrogens is 418 g/mol. The Hall–Kier alpha value is -1.98. The van der Waals surface area contributed by atoms with Gasteiger partial charge >= 0.3 is 0 Å². The van der Waals surface area contributed by atoms with E-state index in [4.69, 9.17) is 0 Å². The largest absolute Gasteiger partial charge is 0.299 e. The first-order valence-electron chi connectivity index (χ1n) is 12.0. The maximum Gasteiger partial charge on any atom is 0.243 e. The highest BCUT2D eigenvalue weighted by atomic mass is 32.2. The highest BCUT2D eigenvalue weighted by Crippen LogP contribution is 2.33. The Balaban J connectivity index is 1.33. The number of carbonyl (C=O) groups excluding carboxylic acids is 1. The average molecular weight is 454 g/mol. The number of aryl methyl sites for hydroxylation is 2. The third kappa shape index (κ3) is 5.15. The number of carbonyl (C=O) groups is 1. The van der Waals surface area contributed by atoms with Crippen molar-refractivity contribution in [2.45, 2.75) is 76.0 Å². The molecule has 0 atom stereocenters. The van der Waals surface area contributed by atoms with Gasteiger partial charge in [-0.25, -0.2) is 8.42 Å². The topological polar surface area (TPSA) is 54.5 Å². The Morgan fingerprint density at radius 3 is 2.19 bits per heavy atom. The summed E-state index contributed by atoms with van der Waals surface area (Å²) in [7, 11) is -3.51. The molecule has 1 saturated carbocycles. The van der Waals surface area contributed by atoms with Crippen molar-refractivity contribution < 1.29 is 13.2 Å². The standard InChI is InChI=1S/C27H35NO3S/c1-20-8-13-27(21(2)18-20)32(30,31)28-16-14-25(15-17-28)26(29)19-22-9-11-24(12-10-22)23-6-4-3-5-7-23/h8-13,18,23,25H,3-7,14-17,19H2,1-2H3. The number of hydrogen-bond acceptors (Lipinski definition) is 3. The van der Waals surface area contributed by atoms with Crippen LogP contribution in [0.3, 0.4) is 0 Å². The van der Waals surface area contributed by atoms with Crippen LogP contribution in [-0.2, 0) is 21.2 Å². The number of Topliss-reactive ketones (excluding diaryl/α,β-unsaturated/α-hetero) is 1. The summed E-state index contributed by atoms with van der Waals surface area (Å²) in [6.45, 7) is 4.62. The van der Waals surface area contributed by atoms with E-state index in [1.54, 1.807) is 10.4 Å². The minimum atomic E-state index is -3.51. The summed E-state index contributed by atoms with van der Waals surface area (Å²) in [6, 6.07) is 14.1. The predicted molar refractivity (Wildman–Crippen MR) is 128 cm³/mol. The fraction of sp³-hybridized carbons (Fsp3) is 0.519. The van der Waals surface area contributed by atoms with Crippen molar-refractivity contribution in [3.05, 3.63) is 64.7 Å². The molecule has 2 aromatic carbocycles. The van der Waals surface area contributed by atoms with Gasteiger partial charge in [0.15, 0.2) is 0 Å². The lowest BCUT2D eigenvalue weighted by molar-refractivity contribution is -0.123. The molecule has 2 aliphatic rings. The zero-order valence-corrected chi connectivity index (χ0v) is 20.2. The summed E-state index contributed by atoms with van der Waals surface area (Å²) in [6.07, 6.45) is 8.20. The van der Waals surface area contributed by atoms with Crippen molar-refractivity contribution in [2.24, 2.45) is 5.92 Å². The van der Waals surface area contributed by atoms with Crippen LogP contribution in [0.4, 0.5) is 0 Å². The molecule has 2 fully saturated rings. The average Bonchev–Trinajstić information content (AvgIpc) is 2.80. The van der Waals surface area contributed by atoms with E-state index in [0.717, 1.165) is 16.7 Å². The molecule has 1 aliphatic carbocycles. The molecule has 4 rings (SSSR count). The van der Waals surface area contributed by atoms with Crippen LogP contribution >= 0.6 is 0 Å². The molecule has 0 radical (unpaired) electrons. The summed E-state index contributed by atoms with van der Waals surface area (Å²) < 4.78 is 27.7. The first kappa shape index (κ1) is 23.2. The van der Waals surface area contributed by atoms with Crippen LogP contribution in [0, 0.1) is 19.8 Å². The van der Waals surface area contributed by atoms with Crippen molar-refractivity contribution >= 4 is 15.8 Å². The second-order valence-corrected chi connectivity index (χ2v) is 11.6. The Morgan fingerprint density at radius 2 is 1.56 bits per heavy atom. The van der Waals surface area contributed by atoms with E-state index < -0.39 is 10.0 Å². The fourth-order valence-corrected chi connectivity index (χ4v) is 7.01. The number of benzene rings is 2. The molecule has 0 aromatic heterocycles. The van der Waals surface area contributed by atoms with Crippen LogP contribution in [-0.4, -0.2) is 31.6 Å². The molecule has 0 spiro atoms. The Kier molecular flexibility index (Phi) is 7.16. The smallest absolute Gasteiger partial charge is 0.243 e. The maximum atomic E-state index is 13.1. The van der Waals surface area contributed by atoms with Crippen molar-refractivity contribution in [2.75, 3.05) is 13.1 Å². The van der Waals surface area contributed by atoms with Gasteiger partial charge in [0, 0.05) is 25.4 Å². The first-order chi connectivity index (χ1) is 15.3. The third-order valence-electron chi connectivity index (χ3n) is 7.29. The van der Waals surface area contributed by atoms with E-state index in [1.165, 1.54) is 37.7 Å². The number of rotatable bonds is 6. The molecule has 4 nitrogen and oxygen atoms in total. The second-order valence-electron chi connectivity index (χ2n) is 9.67. The molecule has 1 aliphatic heterocycles. The van der Waals surface area contributed by atoms with E-state index >= 15 is 0 Å². The van der Waals surface area contributed by atoms with Gasteiger partial charge in [0.25, 0.3) is 0 Å². The van der Waals surface area contributed by atoms with Crippen LogP contribution in [0.25, 0.3) is 0 Å². The summed E-state index contributed by atoms with van der Waals surface area (Å²) in [5.74, 6) is 0.856. The van der Waals surface area contributed by atoms with E-state index in [2.05, 4.69) is 24.3 Å². The quantitative estimate of drug-likeness (QED) is 0.575. The SMILES string of the molecule is Cc1ccc(S(=O)(=O)N2CCC(C(=O)Cc3ccc(C4CCCCC4)cc3)CC2)c(C)c1. The molecule has 0 bridgehead atoms. The van der Waals surface area contributed by atoms with Crippen LogP contribution in [0.2, 0.25) is 0 Å². The van der Waals surface area contributed by atoms with Crippen LogP contribution in [0.5, 0.6) is 0 Å². The van der Waals surface area contributed by atoms with E-state index in [0.29, 0.717) is 43.2 Å². The molecular formula is C27H35NO3S. The van der Waals surface area contributed by atoms with Crippen molar-refractivity contribution in [3.8, 4) is 0 Å². The maximum absolute atomic E-state index is 13.1. The van der Waals surface area contributed by atoms with E-state index in [9.17, 15) is 13.2 Å². The van der Waals surface area contributed by atoms with Gasteiger partial charge in [-0.3, -0.25) is 4.79 Å².